The van der Waals surface area contributed by atoms with Gasteiger partial charge in [-0.05, 0) is 43.7 Å². The molecule has 0 spiro atoms. The van der Waals surface area contributed by atoms with Crippen molar-refractivity contribution in [3.63, 3.8) is 0 Å². The molecule has 2 N–H and O–H groups in total. The normalized spacial score (nSPS) is 26.9. The van der Waals surface area contributed by atoms with Gasteiger partial charge in [0.1, 0.15) is 0 Å². The Kier molecular flexibility index (Phi) is 9.14. The average molecular weight is 573 g/mol. The van der Waals surface area contributed by atoms with E-state index in [9.17, 15) is 31.5 Å². The molecule has 1 aromatic heterocycles. The van der Waals surface area contributed by atoms with Crippen LogP contribution in [0.2, 0.25) is 0 Å². The molecule has 216 valence electrons. The van der Waals surface area contributed by atoms with E-state index in [1.807, 2.05) is 6.92 Å². The van der Waals surface area contributed by atoms with E-state index >= 15 is 0 Å². The van der Waals surface area contributed by atoms with Gasteiger partial charge in [0, 0.05) is 48.7 Å². The number of nitrogens with zero attached hydrogens (tertiary/aromatic N) is 3. The Hall–Kier alpha value is -2.35. The third-order valence-electron chi connectivity index (χ3n) is 7.74. The minimum atomic E-state index is -4.33. The van der Waals surface area contributed by atoms with Crippen LogP contribution in [0.5, 0.6) is 0 Å². The highest BCUT2D eigenvalue weighted by Gasteiger charge is 2.45. The lowest BCUT2D eigenvalue weighted by Crippen LogP contribution is -2.42. The smallest absolute Gasteiger partial charge is 0.394 e. The second-order valence-corrected chi connectivity index (χ2v) is 12.6. The Morgan fingerprint density at radius 2 is 2.05 bits per heavy atom. The standard InChI is InChI=1S/C26H35F3N4O5S/c1-3-22-24-18(13-33(22)12-16-5-8-23(38-15-16)26(27,28)29)9-17(10-31-24)25(35)32-21(14-34)20-7-6-19(11-30-20)39(36,37)4-2/h6-7,10-11,16,18,21-23,34H,3-5,8-9,12-15H2,1-2H3,(H,32,35)/t16-,18?,21-,22-,23-/m0/s1. The SMILES string of the molecule is CC[C@H]1C2=NC=C(C(=O)N[C@@H](CO)c3ccc(S(=O)(=O)CC)cn3)CC2CN1C[C@@H]1CC[C@@H](C(F)(F)F)OC1. The predicted octanol–water partition coefficient (Wildman–Crippen LogP) is 2.82. The van der Waals surface area contributed by atoms with Gasteiger partial charge >= 0.3 is 6.18 Å². The maximum Gasteiger partial charge on any atom is 0.414 e. The molecule has 2 saturated heterocycles. The molecule has 0 saturated carbocycles. The Balaban J connectivity index is 1.36. The Morgan fingerprint density at radius 1 is 1.28 bits per heavy atom. The number of alkyl halides is 3. The van der Waals surface area contributed by atoms with Crippen LogP contribution in [0.3, 0.4) is 0 Å². The fraction of sp³-hybridized carbons (Fsp3) is 0.654. The summed E-state index contributed by atoms with van der Waals surface area (Å²) in [6.45, 7) is 4.49. The third kappa shape index (κ3) is 6.69. The fourth-order valence-electron chi connectivity index (χ4n) is 5.57. The summed E-state index contributed by atoms with van der Waals surface area (Å²) in [5.74, 6) is -0.438. The van der Waals surface area contributed by atoms with Crippen molar-refractivity contribution in [3.05, 3.63) is 35.8 Å². The zero-order valence-electron chi connectivity index (χ0n) is 22.0. The summed E-state index contributed by atoms with van der Waals surface area (Å²) >= 11 is 0. The van der Waals surface area contributed by atoms with Gasteiger partial charge in [0.2, 0.25) is 5.91 Å². The van der Waals surface area contributed by atoms with Crippen LogP contribution in [0.25, 0.3) is 0 Å². The fourth-order valence-corrected chi connectivity index (χ4v) is 6.39. The molecule has 1 aromatic rings. The van der Waals surface area contributed by atoms with E-state index in [4.69, 9.17) is 4.74 Å². The highest BCUT2D eigenvalue weighted by Crippen LogP contribution is 2.35. The summed E-state index contributed by atoms with van der Waals surface area (Å²) in [7, 11) is -3.42. The highest BCUT2D eigenvalue weighted by atomic mass is 32.2. The summed E-state index contributed by atoms with van der Waals surface area (Å²) in [6, 6.07) is 2.12. The van der Waals surface area contributed by atoms with Crippen molar-refractivity contribution in [1.29, 1.82) is 0 Å². The Morgan fingerprint density at radius 3 is 2.62 bits per heavy atom. The van der Waals surface area contributed by atoms with Crippen LogP contribution >= 0.6 is 0 Å². The van der Waals surface area contributed by atoms with Crippen LogP contribution in [0.4, 0.5) is 13.2 Å². The first-order valence-electron chi connectivity index (χ1n) is 13.3. The maximum absolute atomic E-state index is 13.1. The van der Waals surface area contributed by atoms with Crippen molar-refractivity contribution in [2.75, 3.05) is 32.1 Å². The van der Waals surface area contributed by atoms with Gasteiger partial charge in [0.15, 0.2) is 15.9 Å². The molecule has 4 rings (SSSR count). The van der Waals surface area contributed by atoms with Crippen LogP contribution < -0.4 is 5.32 Å². The van der Waals surface area contributed by atoms with Crippen molar-refractivity contribution >= 4 is 21.5 Å². The number of fused-ring (bicyclic) bond motifs is 1. The third-order valence-corrected chi connectivity index (χ3v) is 9.46. The number of carbonyl (C=O) groups excluding carboxylic acids is 1. The molecule has 9 nitrogen and oxygen atoms in total. The first kappa shape index (κ1) is 29.6. The zero-order chi connectivity index (χ0) is 28.4. The minimum absolute atomic E-state index is 0.00523. The average Bonchev–Trinajstić information content (AvgIpc) is 3.27. The summed E-state index contributed by atoms with van der Waals surface area (Å²) in [5.41, 5.74) is 1.77. The molecular weight excluding hydrogens is 537 g/mol. The number of ether oxygens (including phenoxy) is 1. The highest BCUT2D eigenvalue weighted by molar-refractivity contribution is 7.91. The summed E-state index contributed by atoms with van der Waals surface area (Å²) in [5, 5.41) is 12.6. The number of rotatable bonds is 9. The number of carbonyl (C=O) groups is 1. The Labute approximate surface area is 226 Å². The molecule has 1 amide bonds. The van der Waals surface area contributed by atoms with Gasteiger partial charge < -0.3 is 15.2 Å². The van der Waals surface area contributed by atoms with Crippen molar-refractivity contribution in [3.8, 4) is 0 Å². The molecule has 0 bridgehead atoms. The number of nitrogens with one attached hydrogen (secondary N) is 1. The number of aliphatic hydroxyl groups is 1. The van der Waals surface area contributed by atoms with Gasteiger partial charge in [-0.1, -0.05) is 13.8 Å². The molecule has 5 atom stereocenters. The Bertz CT molecular complexity index is 1190. The van der Waals surface area contributed by atoms with Gasteiger partial charge in [0.05, 0.1) is 35.6 Å². The molecule has 2 fully saturated rings. The lowest BCUT2D eigenvalue weighted by Gasteiger charge is -2.34. The van der Waals surface area contributed by atoms with Gasteiger partial charge in [-0.15, -0.1) is 0 Å². The van der Waals surface area contributed by atoms with E-state index in [2.05, 4.69) is 20.2 Å². The largest absolute Gasteiger partial charge is 0.414 e. The lowest BCUT2D eigenvalue weighted by atomic mass is 9.91. The molecule has 3 aliphatic rings. The number of aromatic nitrogens is 1. The first-order chi connectivity index (χ1) is 18.5. The van der Waals surface area contributed by atoms with Crippen molar-refractivity contribution in [2.45, 2.75) is 68.8 Å². The first-order valence-corrected chi connectivity index (χ1v) is 14.9. The lowest BCUT2D eigenvalue weighted by molar-refractivity contribution is -0.236. The number of hydrogen-bond acceptors (Lipinski definition) is 8. The molecule has 3 aliphatic heterocycles. The summed E-state index contributed by atoms with van der Waals surface area (Å²) < 4.78 is 68.0. The van der Waals surface area contributed by atoms with E-state index in [1.165, 1.54) is 25.3 Å². The molecule has 1 unspecified atom stereocenters. The number of amides is 1. The van der Waals surface area contributed by atoms with Crippen molar-refractivity contribution in [2.24, 2.45) is 16.8 Å². The van der Waals surface area contributed by atoms with E-state index in [1.54, 1.807) is 6.20 Å². The van der Waals surface area contributed by atoms with Crippen LogP contribution in [-0.4, -0.2) is 85.4 Å². The van der Waals surface area contributed by atoms with E-state index in [0.717, 1.165) is 12.1 Å². The maximum atomic E-state index is 13.1. The van der Waals surface area contributed by atoms with E-state index < -0.39 is 40.7 Å². The molecule has 4 heterocycles. The second kappa shape index (κ2) is 12.0. The summed E-state index contributed by atoms with van der Waals surface area (Å²) in [6.07, 6.45) is -1.59. The molecule has 0 aliphatic carbocycles. The van der Waals surface area contributed by atoms with E-state index in [-0.39, 0.29) is 41.6 Å². The minimum Gasteiger partial charge on any atom is -0.394 e. The number of sulfone groups is 1. The van der Waals surface area contributed by atoms with Crippen LogP contribution in [0.15, 0.2) is 40.0 Å². The van der Waals surface area contributed by atoms with Gasteiger partial charge in [0.25, 0.3) is 0 Å². The van der Waals surface area contributed by atoms with Crippen LogP contribution in [0, 0.1) is 11.8 Å². The number of halogens is 3. The van der Waals surface area contributed by atoms with Crippen molar-refractivity contribution in [1.82, 2.24) is 15.2 Å². The molecule has 0 aromatic carbocycles. The van der Waals surface area contributed by atoms with Crippen molar-refractivity contribution < 1.29 is 36.2 Å². The van der Waals surface area contributed by atoms with Gasteiger partial charge in [-0.25, -0.2) is 8.42 Å². The van der Waals surface area contributed by atoms with E-state index in [0.29, 0.717) is 37.2 Å². The van der Waals surface area contributed by atoms with Gasteiger partial charge in [-0.3, -0.25) is 19.7 Å². The second-order valence-electron chi connectivity index (χ2n) is 10.3. The molecular formula is C26H35F3N4O5S. The molecule has 0 radical (unpaired) electrons. The van der Waals surface area contributed by atoms with Gasteiger partial charge in [-0.2, -0.15) is 13.2 Å². The van der Waals surface area contributed by atoms with Crippen LogP contribution in [0.1, 0.15) is 51.3 Å². The number of aliphatic hydroxyl groups excluding tert-OH is 1. The van der Waals surface area contributed by atoms with Crippen LogP contribution in [-0.2, 0) is 19.4 Å². The number of pyridine rings is 1. The molecule has 39 heavy (non-hydrogen) atoms. The quantitative estimate of drug-likeness (QED) is 0.467. The number of likely N-dealkylation sites (tertiary alicyclic amines) is 1. The number of hydrogen-bond donors (Lipinski definition) is 2. The predicted molar refractivity (Wildman–Crippen MR) is 138 cm³/mol. The number of aliphatic imine (C=N–C) groups is 1. The summed E-state index contributed by atoms with van der Waals surface area (Å²) in [4.78, 5) is 24.1. The molecule has 13 heteroatoms. The topological polar surface area (TPSA) is 121 Å². The monoisotopic (exact) mass is 572 g/mol. The zero-order valence-corrected chi connectivity index (χ0v) is 22.8.